The summed E-state index contributed by atoms with van der Waals surface area (Å²) in [6.45, 7) is 4.47. The molecular weight excluding hydrogens is 226 g/mol. The largest absolute Gasteiger partial charge is 0.480 e. The van der Waals surface area contributed by atoms with Crippen molar-refractivity contribution in [1.29, 1.82) is 0 Å². The van der Waals surface area contributed by atoms with Crippen molar-refractivity contribution in [1.82, 2.24) is 5.32 Å². The van der Waals surface area contributed by atoms with Crippen molar-refractivity contribution in [2.24, 2.45) is 5.92 Å². The highest BCUT2D eigenvalue weighted by molar-refractivity contribution is 5.73. The number of carboxylic acid groups (broad SMARTS) is 1. The summed E-state index contributed by atoms with van der Waals surface area (Å²) >= 11 is 0. The number of carbonyl (C=O) groups is 1. The number of aliphatic carboxylic acids is 1. The lowest BCUT2D eigenvalue weighted by Crippen LogP contribution is -2.40. The average Bonchev–Trinajstić information content (AvgIpc) is 3.12. The van der Waals surface area contributed by atoms with Crippen molar-refractivity contribution >= 4 is 5.97 Å². The molecule has 0 bridgehead atoms. The predicted octanol–water partition coefficient (Wildman–Crippen LogP) is 2.76. The first kappa shape index (κ1) is 13.1. The van der Waals surface area contributed by atoms with E-state index in [1.807, 2.05) is 13.8 Å². The minimum Gasteiger partial charge on any atom is -0.480 e. The molecule has 18 heavy (non-hydrogen) atoms. The maximum atomic E-state index is 11.1. The first-order valence-corrected chi connectivity index (χ1v) is 6.63. The SMILES string of the molecule is CC(C)C(NCc1cccc(C2CC2)c1)C(=O)O. The summed E-state index contributed by atoms with van der Waals surface area (Å²) in [5.74, 6) is 0.0581. The molecule has 3 heteroatoms. The summed E-state index contributed by atoms with van der Waals surface area (Å²) in [7, 11) is 0. The summed E-state index contributed by atoms with van der Waals surface area (Å²) in [5, 5.41) is 12.2. The predicted molar refractivity (Wildman–Crippen MR) is 71.5 cm³/mol. The summed E-state index contributed by atoms with van der Waals surface area (Å²) < 4.78 is 0. The number of hydrogen-bond acceptors (Lipinski definition) is 2. The van der Waals surface area contributed by atoms with E-state index in [9.17, 15) is 4.79 Å². The Hall–Kier alpha value is -1.35. The molecule has 0 saturated heterocycles. The second kappa shape index (κ2) is 5.53. The van der Waals surface area contributed by atoms with Gasteiger partial charge < -0.3 is 10.4 Å². The Morgan fingerprint density at radius 2 is 2.17 bits per heavy atom. The van der Waals surface area contributed by atoms with E-state index in [0.717, 1.165) is 5.92 Å². The Labute approximate surface area is 108 Å². The van der Waals surface area contributed by atoms with Crippen LogP contribution in [0.15, 0.2) is 24.3 Å². The smallest absolute Gasteiger partial charge is 0.320 e. The number of hydrogen-bond donors (Lipinski definition) is 2. The molecule has 2 rings (SSSR count). The van der Waals surface area contributed by atoms with Crippen LogP contribution >= 0.6 is 0 Å². The zero-order valence-corrected chi connectivity index (χ0v) is 11.0. The van der Waals surface area contributed by atoms with E-state index in [-0.39, 0.29) is 5.92 Å². The highest BCUT2D eigenvalue weighted by Gasteiger charge is 2.24. The minimum absolute atomic E-state index is 0.0918. The summed E-state index contributed by atoms with van der Waals surface area (Å²) in [6, 6.07) is 8.01. The van der Waals surface area contributed by atoms with Gasteiger partial charge in [-0.2, -0.15) is 0 Å². The van der Waals surface area contributed by atoms with Crippen molar-refractivity contribution < 1.29 is 9.90 Å². The van der Waals surface area contributed by atoms with Crippen LogP contribution in [0, 0.1) is 5.92 Å². The Kier molecular flexibility index (Phi) is 4.02. The van der Waals surface area contributed by atoms with Gasteiger partial charge in [0.2, 0.25) is 0 Å². The molecule has 98 valence electrons. The van der Waals surface area contributed by atoms with E-state index >= 15 is 0 Å². The van der Waals surface area contributed by atoms with Crippen molar-refractivity contribution in [3.8, 4) is 0 Å². The molecule has 1 aromatic rings. The van der Waals surface area contributed by atoms with Crippen LogP contribution in [0.4, 0.5) is 0 Å². The van der Waals surface area contributed by atoms with Gasteiger partial charge in [-0.15, -0.1) is 0 Å². The third kappa shape index (κ3) is 3.33. The van der Waals surface area contributed by atoms with Crippen LogP contribution < -0.4 is 5.32 Å². The Balaban J connectivity index is 1.96. The molecule has 2 N–H and O–H groups in total. The van der Waals surface area contributed by atoms with Crippen LogP contribution in [0.2, 0.25) is 0 Å². The second-order valence-electron chi connectivity index (χ2n) is 5.46. The maximum absolute atomic E-state index is 11.1. The first-order valence-electron chi connectivity index (χ1n) is 6.63. The molecule has 0 aliphatic heterocycles. The lowest BCUT2D eigenvalue weighted by molar-refractivity contribution is -0.140. The van der Waals surface area contributed by atoms with Crippen LogP contribution in [0.25, 0.3) is 0 Å². The summed E-state index contributed by atoms with van der Waals surface area (Å²) in [5.41, 5.74) is 2.57. The monoisotopic (exact) mass is 247 g/mol. The fourth-order valence-electron chi connectivity index (χ4n) is 2.21. The molecule has 1 saturated carbocycles. The van der Waals surface area contributed by atoms with E-state index < -0.39 is 12.0 Å². The Morgan fingerprint density at radius 1 is 1.44 bits per heavy atom. The third-order valence-corrected chi connectivity index (χ3v) is 3.46. The molecule has 1 aromatic carbocycles. The van der Waals surface area contributed by atoms with Crippen LogP contribution in [0.3, 0.4) is 0 Å². The van der Waals surface area contributed by atoms with E-state index in [0.29, 0.717) is 6.54 Å². The van der Waals surface area contributed by atoms with Crippen LogP contribution in [0.1, 0.15) is 43.7 Å². The van der Waals surface area contributed by atoms with E-state index in [1.54, 1.807) is 0 Å². The number of nitrogens with one attached hydrogen (secondary N) is 1. The van der Waals surface area contributed by atoms with Gasteiger partial charge in [-0.3, -0.25) is 4.79 Å². The normalized spacial score (nSPS) is 16.8. The lowest BCUT2D eigenvalue weighted by atomic mass is 10.0. The molecule has 0 heterocycles. The molecule has 0 aromatic heterocycles. The highest BCUT2D eigenvalue weighted by atomic mass is 16.4. The first-order chi connectivity index (χ1) is 8.58. The van der Waals surface area contributed by atoms with Crippen molar-refractivity contribution in [2.45, 2.75) is 45.2 Å². The Bertz CT molecular complexity index is 424. The lowest BCUT2D eigenvalue weighted by Gasteiger charge is -2.18. The van der Waals surface area contributed by atoms with Crippen molar-refractivity contribution in [3.63, 3.8) is 0 Å². The van der Waals surface area contributed by atoms with Gasteiger partial charge in [0.05, 0.1) is 0 Å². The minimum atomic E-state index is -0.775. The van der Waals surface area contributed by atoms with Crippen molar-refractivity contribution in [3.05, 3.63) is 35.4 Å². The van der Waals surface area contributed by atoms with Gasteiger partial charge in [-0.05, 0) is 35.8 Å². The van der Waals surface area contributed by atoms with Gasteiger partial charge in [0.1, 0.15) is 6.04 Å². The zero-order valence-electron chi connectivity index (χ0n) is 11.0. The highest BCUT2D eigenvalue weighted by Crippen LogP contribution is 2.40. The van der Waals surface area contributed by atoms with E-state index in [1.165, 1.54) is 24.0 Å². The van der Waals surface area contributed by atoms with E-state index in [2.05, 4.69) is 29.6 Å². The quantitative estimate of drug-likeness (QED) is 0.812. The van der Waals surface area contributed by atoms with Gasteiger partial charge in [0.15, 0.2) is 0 Å². The molecule has 1 unspecified atom stereocenters. The van der Waals surface area contributed by atoms with Gasteiger partial charge in [0, 0.05) is 6.54 Å². The molecule has 3 nitrogen and oxygen atoms in total. The second-order valence-corrected chi connectivity index (χ2v) is 5.46. The third-order valence-electron chi connectivity index (χ3n) is 3.46. The van der Waals surface area contributed by atoms with E-state index in [4.69, 9.17) is 5.11 Å². The molecular formula is C15H21NO2. The number of carboxylic acids is 1. The molecule has 1 aliphatic rings. The standard InChI is InChI=1S/C15H21NO2/c1-10(2)14(15(17)18)16-9-11-4-3-5-13(8-11)12-6-7-12/h3-5,8,10,12,14,16H,6-7,9H2,1-2H3,(H,17,18). The topological polar surface area (TPSA) is 49.3 Å². The number of benzene rings is 1. The molecule has 1 atom stereocenters. The molecule has 0 spiro atoms. The molecule has 1 fully saturated rings. The molecule has 1 aliphatic carbocycles. The van der Waals surface area contributed by atoms with Crippen LogP contribution in [-0.2, 0) is 11.3 Å². The van der Waals surface area contributed by atoms with Gasteiger partial charge >= 0.3 is 5.97 Å². The van der Waals surface area contributed by atoms with Gasteiger partial charge in [-0.1, -0.05) is 38.1 Å². The maximum Gasteiger partial charge on any atom is 0.320 e. The van der Waals surface area contributed by atoms with Crippen molar-refractivity contribution in [2.75, 3.05) is 0 Å². The number of rotatable bonds is 6. The zero-order chi connectivity index (χ0) is 13.1. The Morgan fingerprint density at radius 3 is 2.72 bits per heavy atom. The van der Waals surface area contributed by atoms with Gasteiger partial charge in [0.25, 0.3) is 0 Å². The fraction of sp³-hybridized carbons (Fsp3) is 0.533. The fourth-order valence-corrected chi connectivity index (χ4v) is 2.21. The van der Waals surface area contributed by atoms with Gasteiger partial charge in [-0.25, -0.2) is 0 Å². The van der Waals surface area contributed by atoms with Crippen LogP contribution in [-0.4, -0.2) is 17.1 Å². The average molecular weight is 247 g/mol. The summed E-state index contributed by atoms with van der Waals surface area (Å²) in [4.78, 5) is 11.1. The molecule has 0 amide bonds. The molecule has 0 radical (unpaired) electrons. The van der Waals surface area contributed by atoms with Crippen LogP contribution in [0.5, 0.6) is 0 Å². The summed E-state index contributed by atoms with van der Waals surface area (Å²) in [6.07, 6.45) is 2.58.